The molecule has 6 aliphatic carbocycles. The number of rotatable bonds is 0. The topological polar surface area (TPSA) is 74.6 Å². The van der Waals surface area contributed by atoms with Gasteiger partial charge in [0.15, 0.2) is 0 Å². The van der Waals surface area contributed by atoms with E-state index in [-0.39, 0.29) is 38.8 Å². The predicted octanol–water partition coefficient (Wildman–Crippen LogP) is 7.78. The quantitative estimate of drug-likeness (QED) is 0.285. The third-order valence-electron chi connectivity index (χ3n) is 13.0. The van der Waals surface area contributed by atoms with Crippen LogP contribution in [0.2, 0.25) is 0 Å². The average Bonchev–Trinajstić information content (AvgIpc) is 3.04. The van der Waals surface area contributed by atoms with Crippen molar-refractivity contribution >= 4 is 34.8 Å². The van der Waals surface area contributed by atoms with Gasteiger partial charge in [-0.25, -0.2) is 0 Å². The lowest BCUT2D eigenvalue weighted by Gasteiger charge is -2.56. The maximum atomic E-state index is 12.1. The van der Waals surface area contributed by atoms with E-state index < -0.39 is 11.2 Å². The summed E-state index contributed by atoms with van der Waals surface area (Å²) in [5.41, 5.74) is -1.21. The third kappa shape index (κ3) is 4.69. The monoisotopic (exact) mass is 584 g/mol. The summed E-state index contributed by atoms with van der Waals surface area (Å²) < 4.78 is 0. The Balaban J connectivity index is 0.000000165. The second kappa shape index (κ2) is 10.2. The van der Waals surface area contributed by atoms with Crippen molar-refractivity contribution in [3.05, 3.63) is 0 Å². The molecule has 0 aromatic heterocycles. The van der Waals surface area contributed by atoms with Crippen LogP contribution >= 0.6 is 23.2 Å². The fraction of sp³-hybridized carbons (Fsp3) is 0.939. The number of Topliss-reactive ketones (excluding diaryl/α,β-unsaturated/α-hetero) is 2. The van der Waals surface area contributed by atoms with E-state index >= 15 is 0 Å². The van der Waals surface area contributed by atoms with Crippen LogP contribution < -0.4 is 0 Å². The molecule has 0 radical (unpaired) electrons. The van der Waals surface area contributed by atoms with E-state index in [0.717, 1.165) is 25.7 Å². The number of aliphatic hydroxyl groups is 2. The van der Waals surface area contributed by atoms with Crippen molar-refractivity contribution in [1.82, 2.24) is 0 Å². The van der Waals surface area contributed by atoms with Crippen molar-refractivity contribution in [2.45, 2.75) is 131 Å². The highest BCUT2D eigenvalue weighted by atomic mass is 35.5. The van der Waals surface area contributed by atoms with Crippen molar-refractivity contribution < 1.29 is 19.8 Å². The molecule has 4 nitrogen and oxygen atoms in total. The first-order chi connectivity index (χ1) is 17.8. The van der Waals surface area contributed by atoms with Gasteiger partial charge in [-0.3, -0.25) is 9.59 Å². The molecule has 6 fully saturated rings. The van der Waals surface area contributed by atoms with Crippen molar-refractivity contribution in [1.29, 1.82) is 0 Å². The predicted molar refractivity (Wildman–Crippen MR) is 159 cm³/mol. The van der Waals surface area contributed by atoms with E-state index in [1.165, 1.54) is 12.8 Å². The van der Waals surface area contributed by atoms with Gasteiger partial charge in [0.05, 0.1) is 16.5 Å². The second-order valence-corrected chi connectivity index (χ2v) is 17.3. The summed E-state index contributed by atoms with van der Waals surface area (Å²) in [6.07, 6.45) is 9.00. The summed E-state index contributed by atoms with van der Waals surface area (Å²) in [6.45, 7) is 17.9. The Morgan fingerprint density at radius 3 is 1.28 bits per heavy atom. The Labute approximate surface area is 247 Å². The Kier molecular flexibility index (Phi) is 8.34. The lowest BCUT2D eigenvalue weighted by atomic mass is 9.52. The maximum absolute atomic E-state index is 12.1. The number of halogens is 2. The minimum atomic E-state index is -0.595. The molecule has 0 aliphatic heterocycles. The molecular formula is C33H54Cl2O4. The molecule has 0 aromatic carbocycles. The lowest BCUT2D eigenvalue weighted by Crippen LogP contribution is -2.61. The van der Waals surface area contributed by atoms with Crippen LogP contribution in [0, 0.1) is 57.2 Å². The number of carbonyl (C=O) groups is 2. The molecule has 10 atom stereocenters. The molecule has 6 heteroatoms. The molecule has 0 spiro atoms. The average molecular weight is 586 g/mol. The van der Waals surface area contributed by atoms with Crippen molar-refractivity contribution in [2.24, 2.45) is 57.2 Å². The van der Waals surface area contributed by atoms with Gasteiger partial charge in [0.2, 0.25) is 0 Å². The summed E-state index contributed by atoms with van der Waals surface area (Å²) in [7, 11) is 0. The maximum Gasteiger partial charge on any atom is 0.133 e. The highest BCUT2D eigenvalue weighted by Crippen LogP contribution is 2.71. The molecule has 0 amide bonds. The highest BCUT2D eigenvalue weighted by molar-refractivity contribution is 6.40. The fourth-order valence-corrected chi connectivity index (χ4v) is 12.0. The zero-order valence-electron chi connectivity index (χ0n) is 25.7. The van der Waals surface area contributed by atoms with Crippen molar-refractivity contribution in [3.63, 3.8) is 0 Å². The molecule has 224 valence electrons. The molecule has 0 bridgehead atoms. The van der Waals surface area contributed by atoms with E-state index in [1.807, 2.05) is 0 Å². The van der Waals surface area contributed by atoms with Gasteiger partial charge in [-0.1, -0.05) is 55.4 Å². The SMILES string of the molecule is C[C@@H]1CC[C@H]2C(C)(C)C[C@]3(C)CC(=O)C[C@@H]1[C@@]23O.C[C@@H]1CC[C@H]2C(C)(C)C[C@]3(C)CC(=O)C[C@@H]1[C@@]23O.ClCCl. The smallest absolute Gasteiger partial charge is 0.133 e. The van der Waals surface area contributed by atoms with Gasteiger partial charge in [0, 0.05) is 36.5 Å². The third-order valence-corrected chi connectivity index (χ3v) is 13.0. The zero-order valence-corrected chi connectivity index (χ0v) is 27.2. The highest BCUT2D eigenvalue weighted by Gasteiger charge is 2.71. The molecule has 0 saturated heterocycles. The Hall–Kier alpha value is -0.160. The summed E-state index contributed by atoms with van der Waals surface area (Å²) in [4.78, 5) is 24.2. The molecule has 6 aliphatic rings. The van der Waals surface area contributed by atoms with Gasteiger partial charge >= 0.3 is 0 Å². The Morgan fingerprint density at radius 1 is 0.667 bits per heavy atom. The first-order valence-corrected chi connectivity index (χ1v) is 16.5. The zero-order chi connectivity index (χ0) is 29.4. The lowest BCUT2D eigenvalue weighted by molar-refractivity contribution is -0.191. The van der Waals surface area contributed by atoms with Crippen LogP contribution in [0.3, 0.4) is 0 Å². The molecular weight excluding hydrogens is 531 g/mol. The number of alkyl halides is 2. The van der Waals surface area contributed by atoms with Gasteiger partial charge in [-0.15, -0.1) is 23.2 Å². The van der Waals surface area contributed by atoms with Crippen LogP contribution in [-0.4, -0.2) is 38.3 Å². The van der Waals surface area contributed by atoms with E-state index in [4.69, 9.17) is 23.2 Å². The molecule has 39 heavy (non-hydrogen) atoms. The minimum Gasteiger partial charge on any atom is -0.389 e. The molecule has 0 aromatic rings. The Bertz CT molecular complexity index is 903. The van der Waals surface area contributed by atoms with Crippen LogP contribution in [0.25, 0.3) is 0 Å². The molecule has 0 unspecified atom stereocenters. The summed E-state index contributed by atoms with van der Waals surface area (Å²) >= 11 is 9.53. The largest absolute Gasteiger partial charge is 0.389 e. The molecule has 2 N–H and O–H groups in total. The van der Waals surface area contributed by atoms with Crippen LogP contribution in [-0.2, 0) is 9.59 Å². The summed E-state index contributed by atoms with van der Waals surface area (Å²) in [5, 5.41) is 23.2. The van der Waals surface area contributed by atoms with Gasteiger partial charge < -0.3 is 10.2 Å². The standard InChI is InChI=1S/2C16H26O2.CH2Cl2/c2*1-10-5-6-13-14(2,3)9-15(4)8-11(17)7-12(10)16(13,15)18;2-1-3/h2*10,12-13,18H,5-9H2,1-4H3;1H2/t2*10-,12+,13+,15+,16-;/m11./s1. The number of carbonyl (C=O) groups excluding carboxylic acids is 2. The summed E-state index contributed by atoms with van der Waals surface area (Å²) in [5.74, 6) is 2.88. The minimum absolute atomic E-state index is 0.173. The number of hydrogen-bond acceptors (Lipinski definition) is 4. The van der Waals surface area contributed by atoms with Crippen LogP contribution in [0.1, 0.15) is 120 Å². The van der Waals surface area contributed by atoms with Gasteiger partial charge in [0.1, 0.15) is 11.6 Å². The van der Waals surface area contributed by atoms with Gasteiger partial charge in [-0.05, 0) is 84.9 Å². The van der Waals surface area contributed by atoms with Crippen molar-refractivity contribution in [3.8, 4) is 0 Å². The first-order valence-electron chi connectivity index (χ1n) is 15.4. The van der Waals surface area contributed by atoms with Crippen LogP contribution in [0.15, 0.2) is 0 Å². The normalized spacial score (nSPS) is 50.6. The van der Waals surface area contributed by atoms with Gasteiger partial charge in [-0.2, -0.15) is 0 Å². The molecule has 6 rings (SSSR count). The summed E-state index contributed by atoms with van der Waals surface area (Å²) in [6, 6.07) is 0. The van der Waals surface area contributed by atoms with Crippen molar-refractivity contribution in [2.75, 3.05) is 5.34 Å². The number of hydrogen-bond donors (Lipinski definition) is 2. The van der Waals surface area contributed by atoms with E-state index in [1.54, 1.807) is 0 Å². The van der Waals surface area contributed by atoms with E-state index in [9.17, 15) is 19.8 Å². The fourth-order valence-electron chi connectivity index (χ4n) is 12.0. The second-order valence-electron chi connectivity index (χ2n) is 16.5. The van der Waals surface area contributed by atoms with E-state index in [2.05, 4.69) is 55.4 Å². The van der Waals surface area contributed by atoms with Crippen LogP contribution in [0.4, 0.5) is 0 Å². The molecule has 6 saturated carbocycles. The van der Waals surface area contributed by atoms with Gasteiger partial charge in [0.25, 0.3) is 0 Å². The first kappa shape index (κ1) is 31.8. The Morgan fingerprint density at radius 2 is 0.974 bits per heavy atom. The van der Waals surface area contributed by atoms with Crippen LogP contribution in [0.5, 0.6) is 0 Å². The van der Waals surface area contributed by atoms with E-state index in [0.29, 0.717) is 60.9 Å². The number of ketones is 2. The molecule has 0 heterocycles.